The van der Waals surface area contributed by atoms with Gasteiger partial charge in [-0.1, -0.05) is 26.2 Å². The molecule has 2 fully saturated rings. The number of carbonyl (C=O) groups excluding carboxylic acids is 1. The molecule has 0 saturated heterocycles. The Kier molecular flexibility index (Phi) is 5.06. The maximum absolute atomic E-state index is 12.2. The van der Waals surface area contributed by atoms with Crippen LogP contribution in [0.4, 0.5) is 0 Å². The highest BCUT2D eigenvalue weighted by Gasteiger charge is 2.54. The predicted octanol–water partition coefficient (Wildman–Crippen LogP) is 2.82. The van der Waals surface area contributed by atoms with Gasteiger partial charge >= 0.3 is 5.97 Å². The summed E-state index contributed by atoms with van der Waals surface area (Å²) in [5, 5.41) is 11.9. The van der Waals surface area contributed by atoms with Crippen LogP contribution in [-0.4, -0.2) is 23.0 Å². The van der Waals surface area contributed by atoms with Gasteiger partial charge in [-0.3, -0.25) is 9.59 Å². The van der Waals surface area contributed by atoms with Gasteiger partial charge in [0.25, 0.3) is 0 Å². The van der Waals surface area contributed by atoms with Gasteiger partial charge < -0.3 is 10.4 Å². The number of carbonyl (C=O) groups is 2. The fraction of sp³-hybridized carbons (Fsp3) is 0.875. The molecule has 0 spiro atoms. The molecule has 0 bridgehead atoms. The summed E-state index contributed by atoms with van der Waals surface area (Å²) in [7, 11) is 0. The molecule has 4 atom stereocenters. The number of rotatable bonds is 7. The Morgan fingerprint density at radius 3 is 2.30 bits per heavy atom. The first kappa shape index (κ1) is 15.3. The van der Waals surface area contributed by atoms with E-state index >= 15 is 0 Å². The van der Waals surface area contributed by atoms with E-state index in [1.165, 1.54) is 25.7 Å². The molecule has 2 rings (SSSR count). The lowest BCUT2D eigenvalue weighted by Crippen LogP contribution is -2.34. The van der Waals surface area contributed by atoms with Crippen molar-refractivity contribution in [2.24, 2.45) is 23.7 Å². The normalized spacial score (nSPS) is 31.0. The van der Waals surface area contributed by atoms with Crippen molar-refractivity contribution in [3.63, 3.8) is 0 Å². The van der Waals surface area contributed by atoms with Crippen molar-refractivity contribution in [3.8, 4) is 0 Å². The molecule has 2 saturated carbocycles. The Morgan fingerprint density at radius 1 is 1.15 bits per heavy atom. The van der Waals surface area contributed by atoms with Crippen molar-refractivity contribution in [1.29, 1.82) is 0 Å². The minimum atomic E-state index is -0.733. The molecule has 2 aliphatic rings. The smallest absolute Gasteiger partial charge is 0.306 e. The van der Waals surface area contributed by atoms with Crippen molar-refractivity contribution in [2.75, 3.05) is 0 Å². The van der Waals surface area contributed by atoms with Crippen LogP contribution < -0.4 is 5.32 Å². The third-order valence-corrected chi connectivity index (χ3v) is 5.04. The van der Waals surface area contributed by atoms with Crippen LogP contribution in [0.1, 0.15) is 58.8 Å². The van der Waals surface area contributed by atoms with Crippen LogP contribution in [0.5, 0.6) is 0 Å². The third kappa shape index (κ3) is 3.74. The first-order valence-corrected chi connectivity index (χ1v) is 8.04. The lowest BCUT2D eigenvalue weighted by atomic mass is 10.0. The second-order valence-electron chi connectivity index (χ2n) is 6.72. The third-order valence-electron chi connectivity index (χ3n) is 5.04. The van der Waals surface area contributed by atoms with E-state index in [2.05, 4.69) is 5.32 Å². The topological polar surface area (TPSA) is 66.4 Å². The Morgan fingerprint density at radius 2 is 1.75 bits per heavy atom. The van der Waals surface area contributed by atoms with Gasteiger partial charge in [-0.15, -0.1) is 0 Å². The van der Waals surface area contributed by atoms with Crippen molar-refractivity contribution < 1.29 is 14.7 Å². The van der Waals surface area contributed by atoms with Crippen molar-refractivity contribution in [1.82, 2.24) is 5.32 Å². The summed E-state index contributed by atoms with van der Waals surface area (Å²) in [6.07, 6.45) is 7.43. The van der Waals surface area contributed by atoms with Crippen LogP contribution in [0, 0.1) is 23.7 Å². The molecule has 0 aliphatic heterocycles. The summed E-state index contributed by atoms with van der Waals surface area (Å²) in [6.45, 7) is 3.76. The SMILES string of the molecule is CC(CCCC(C)C(=O)O)NC(=O)C1C2CCCCC21. The summed E-state index contributed by atoms with van der Waals surface area (Å²) < 4.78 is 0. The Bertz CT molecular complexity index is 357. The van der Waals surface area contributed by atoms with Gasteiger partial charge in [0.1, 0.15) is 0 Å². The molecular formula is C16H27NO3. The largest absolute Gasteiger partial charge is 0.481 e. The average Bonchev–Trinajstić information content (AvgIpc) is 3.12. The van der Waals surface area contributed by atoms with Gasteiger partial charge in [0.05, 0.1) is 5.92 Å². The zero-order valence-electron chi connectivity index (χ0n) is 12.6. The summed E-state index contributed by atoms with van der Waals surface area (Å²) >= 11 is 0. The molecule has 0 heterocycles. The van der Waals surface area contributed by atoms with E-state index in [1.54, 1.807) is 6.92 Å². The molecule has 2 N–H and O–H groups in total. The number of carboxylic acids is 1. The molecule has 4 unspecified atom stereocenters. The lowest BCUT2D eigenvalue weighted by molar-refractivity contribution is -0.141. The number of nitrogens with one attached hydrogen (secondary N) is 1. The molecule has 0 aromatic rings. The highest BCUT2D eigenvalue weighted by Crippen LogP contribution is 2.55. The summed E-state index contributed by atoms with van der Waals surface area (Å²) in [5.41, 5.74) is 0. The van der Waals surface area contributed by atoms with Crippen LogP contribution >= 0.6 is 0 Å². The maximum atomic E-state index is 12.2. The highest BCUT2D eigenvalue weighted by atomic mass is 16.4. The van der Waals surface area contributed by atoms with Crippen LogP contribution in [0.15, 0.2) is 0 Å². The van der Waals surface area contributed by atoms with Gasteiger partial charge in [-0.2, -0.15) is 0 Å². The van der Waals surface area contributed by atoms with E-state index in [9.17, 15) is 9.59 Å². The average molecular weight is 281 g/mol. The number of carboxylic acid groups (broad SMARTS) is 1. The molecule has 0 aromatic heterocycles. The van der Waals surface area contributed by atoms with Crippen LogP contribution in [0.25, 0.3) is 0 Å². The first-order chi connectivity index (χ1) is 9.50. The number of aliphatic carboxylic acids is 1. The second kappa shape index (κ2) is 6.59. The summed E-state index contributed by atoms with van der Waals surface area (Å²) in [5.74, 6) is 0.803. The van der Waals surface area contributed by atoms with E-state index in [-0.39, 0.29) is 23.8 Å². The van der Waals surface area contributed by atoms with Crippen molar-refractivity contribution >= 4 is 11.9 Å². The quantitative estimate of drug-likeness (QED) is 0.754. The number of fused-ring (bicyclic) bond motifs is 1. The van der Waals surface area contributed by atoms with E-state index in [4.69, 9.17) is 5.11 Å². The van der Waals surface area contributed by atoms with Gasteiger partial charge in [0.15, 0.2) is 0 Å². The summed E-state index contributed by atoms with van der Waals surface area (Å²) in [4.78, 5) is 22.9. The van der Waals surface area contributed by atoms with Gasteiger partial charge in [0, 0.05) is 12.0 Å². The predicted molar refractivity (Wildman–Crippen MR) is 77.2 cm³/mol. The van der Waals surface area contributed by atoms with Gasteiger partial charge in [0.2, 0.25) is 5.91 Å². The zero-order chi connectivity index (χ0) is 14.7. The fourth-order valence-corrected chi connectivity index (χ4v) is 3.65. The molecule has 1 amide bonds. The Balaban J connectivity index is 1.63. The lowest BCUT2D eigenvalue weighted by Gasteiger charge is -2.14. The fourth-order valence-electron chi connectivity index (χ4n) is 3.65. The number of hydrogen-bond donors (Lipinski definition) is 2. The molecule has 114 valence electrons. The molecule has 20 heavy (non-hydrogen) atoms. The van der Waals surface area contributed by atoms with E-state index in [0.717, 1.165) is 12.8 Å². The Hall–Kier alpha value is -1.06. The van der Waals surface area contributed by atoms with Crippen LogP contribution in [0.3, 0.4) is 0 Å². The number of hydrogen-bond acceptors (Lipinski definition) is 2. The first-order valence-electron chi connectivity index (χ1n) is 8.04. The number of amides is 1. The van der Waals surface area contributed by atoms with Crippen molar-refractivity contribution in [3.05, 3.63) is 0 Å². The second-order valence-corrected chi connectivity index (χ2v) is 6.72. The highest BCUT2D eigenvalue weighted by molar-refractivity contribution is 5.82. The molecule has 2 aliphatic carbocycles. The Labute approximate surface area is 121 Å². The molecule has 0 aromatic carbocycles. The van der Waals surface area contributed by atoms with E-state index in [1.807, 2.05) is 6.92 Å². The molecule has 4 heteroatoms. The van der Waals surface area contributed by atoms with Crippen molar-refractivity contribution in [2.45, 2.75) is 64.8 Å². The monoisotopic (exact) mass is 281 g/mol. The molecular weight excluding hydrogens is 254 g/mol. The van der Waals surface area contributed by atoms with E-state index in [0.29, 0.717) is 18.3 Å². The van der Waals surface area contributed by atoms with Gasteiger partial charge in [-0.05, 0) is 44.4 Å². The zero-order valence-corrected chi connectivity index (χ0v) is 12.6. The van der Waals surface area contributed by atoms with Crippen LogP contribution in [0.2, 0.25) is 0 Å². The van der Waals surface area contributed by atoms with Gasteiger partial charge in [-0.25, -0.2) is 0 Å². The minimum absolute atomic E-state index is 0.158. The summed E-state index contributed by atoms with van der Waals surface area (Å²) in [6, 6.07) is 0.158. The molecule has 4 nitrogen and oxygen atoms in total. The maximum Gasteiger partial charge on any atom is 0.306 e. The minimum Gasteiger partial charge on any atom is -0.481 e. The van der Waals surface area contributed by atoms with Crippen LogP contribution in [-0.2, 0) is 9.59 Å². The molecule has 0 radical (unpaired) electrons. The van der Waals surface area contributed by atoms with E-state index < -0.39 is 5.97 Å². The standard InChI is InChI=1S/C16H27NO3/c1-10(16(19)20)6-5-7-11(2)17-15(18)14-12-8-3-4-9-13(12)14/h10-14H,3-9H2,1-2H3,(H,17,18)(H,19,20).